The molecule has 21 heavy (non-hydrogen) atoms. The van der Waals surface area contributed by atoms with Crippen LogP contribution in [0.5, 0.6) is 0 Å². The van der Waals surface area contributed by atoms with Crippen molar-refractivity contribution < 1.29 is 9.18 Å². The van der Waals surface area contributed by atoms with Crippen molar-refractivity contribution in [3.8, 4) is 0 Å². The molecule has 4 fully saturated rings. The Balaban J connectivity index is 1.69. The molecule has 4 aliphatic rings. The van der Waals surface area contributed by atoms with E-state index in [1.54, 1.807) is 0 Å². The topological polar surface area (TPSA) is 17.1 Å². The highest BCUT2D eigenvalue weighted by Crippen LogP contribution is 2.57. The van der Waals surface area contributed by atoms with E-state index in [1.165, 1.54) is 44.2 Å². The number of benzene rings is 1. The number of carbonyl (C=O) groups is 1. The molecule has 2 heteroatoms. The number of ketones is 1. The van der Waals surface area contributed by atoms with E-state index in [4.69, 9.17) is 0 Å². The van der Waals surface area contributed by atoms with Gasteiger partial charge in [-0.2, -0.15) is 0 Å². The van der Waals surface area contributed by atoms with E-state index in [1.807, 2.05) is 13.8 Å². The molecule has 1 nitrogen and oxygen atoms in total. The Morgan fingerprint density at radius 3 is 1.90 bits per heavy atom. The second-order valence-corrected chi connectivity index (χ2v) is 7.74. The van der Waals surface area contributed by atoms with E-state index >= 15 is 0 Å². The maximum absolute atomic E-state index is 13.5. The van der Waals surface area contributed by atoms with Crippen LogP contribution in [0.25, 0.3) is 0 Å². The third-order valence-electron chi connectivity index (χ3n) is 6.27. The highest BCUT2D eigenvalue weighted by Gasteiger charge is 2.50. The van der Waals surface area contributed by atoms with Gasteiger partial charge in [-0.3, -0.25) is 4.79 Å². The van der Waals surface area contributed by atoms with Crippen molar-refractivity contribution in [2.24, 2.45) is 29.6 Å². The second kappa shape index (κ2) is 4.66. The predicted molar refractivity (Wildman–Crippen MR) is 80.7 cm³/mol. The first-order valence-corrected chi connectivity index (χ1v) is 8.34. The molecule has 0 spiro atoms. The van der Waals surface area contributed by atoms with Crippen LogP contribution in [-0.4, -0.2) is 5.78 Å². The number of halogens is 1. The molecule has 1 aromatic carbocycles. The van der Waals surface area contributed by atoms with Crippen molar-refractivity contribution in [2.45, 2.75) is 46.0 Å². The smallest absolute Gasteiger partial charge is 0.167 e. The first kappa shape index (κ1) is 13.5. The van der Waals surface area contributed by atoms with Gasteiger partial charge >= 0.3 is 0 Å². The largest absolute Gasteiger partial charge is 0.294 e. The van der Waals surface area contributed by atoms with Gasteiger partial charge in [-0.05, 0) is 92.9 Å². The lowest BCUT2D eigenvalue weighted by molar-refractivity contribution is -0.0251. The van der Waals surface area contributed by atoms with Gasteiger partial charge in [0.15, 0.2) is 5.78 Å². The Labute approximate surface area is 125 Å². The van der Waals surface area contributed by atoms with Gasteiger partial charge in [0, 0.05) is 11.5 Å². The van der Waals surface area contributed by atoms with Crippen LogP contribution >= 0.6 is 0 Å². The van der Waals surface area contributed by atoms with Gasteiger partial charge in [-0.15, -0.1) is 0 Å². The summed E-state index contributed by atoms with van der Waals surface area (Å²) < 4.78 is 13.5. The quantitative estimate of drug-likeness (QED) is 0.720. The van der Waals surface area contributed by atoms with E-state index in [0.717, 1.165) is 28.5 Å². The molecule has 0 heterocycles. The number of rotatable bonds is 2. The van der Waals surface area contributed by atoms with Crippen LogP contribution < -0.4 is 0 Å². The normalized spacial score (nSPS) is 37.0. The summed E-state index contributed by atoms with van der Waals surface area (Å²) in [5.41, 5.74) is 2.42. The zero-order valence-corrected chi connectivity index (χ0v) is 12.9. The van der Waals surface area contributed by atoms with Crippen molar-refractivity contribution in [3.63, 3.8) is 0 Å². The molecule has 4 saturated carbocycles. The number of carbonyl (C=O) groups excluding carboxylic acids is 1. The van der Waals surface area contributed by atoms with Crippen LogP contribution in [0.3, 0.4) is 0 Å². The Bertz CT molecular complexity index is 553. The van der Waals surface area contributed by atoms with Crippen LogP contribution in [0.1, 0.15) is 53.6 Å². The summed E-state index contributed by atoms with van der Waals surface area (Å²) >= 11 is 0. The summed E-state index contributed by atoms with van der Waals surface area (Å²) in [6.45, 7) is 3.75. The van der Waals surface area contributed by atoms with Crippen LogP contribution in [-0.2, 0) is 0 Å². The number of aryl methyl sites for hydroxylation is 2. The van der Waals surface area contributed by atoms with Crippen LogP contribution in [0.2, 0.25) is 0 Å². The number of hydrogen-bond acceptors (Lipinski definition) is 1. The van der Waals surface area contributed by atoms with E-state index in [9.17, 15) is 9.18 Å². The lowest BCUT2D eigenvalue weighted by Gasteiger charge is -2.54. The minimum absolute atomic E-state index is 0.209. The summed E-state index contributed by atoms with van der Waals surface area (Å²) in [5.74, 6) is 3.24. The van der Waals surface area contributed by atoms with Gasteiger partial charge in [0.2, 0.25) is 0 Å². The average Bonchev–Trinajstić information content (AvgIpc) is 2.35. The highest BCUT2D eigenvalue weighted by molar-refractivity contribution is 6.01. The van der Waals surface area contributed by atoms with Crippen LogP contribution in [0.4, 0.5) is 4.39 Å². The third kappa shape index (κ3) is 2.06. The Hall–Kier alpha value is -1.18. The lowest BCUT2D eigenvalue weighted by atomic mass is 9.50. The maximum Gasteiger partial charge on any atom is 0.167 e. The van der Waals surface area contributed by atoms with Crippen LogP contribution in [0.15, 0.2) is 12.1 Å². The average molecular weight is 286 g/mol. The highest BCUT2D eigenvalue weighted by atomic mass is 19.1. The molecule has 1 aromatic rings. The molecule has 4 aliphatic carbocycles. The molecule has 0 N–H and O–H groups in total. The summed E-state index contributed by atoms with van der Waals surface area (Å²) in [4.78, 5) is 13.2. The SMILES string of the molecule is Cc1cc(F)cc(C)c1C(=O)C1C2CC3CC(C2)CC1C3. The predicted octanol–water partition coefficient (Wildman–Crippen LogP) is 4.70. The standard InChI is InChI=1S/C19H23FO/c1-10-3-16(20)4-11(2)17(10)19(21)18-14-6-12-5-13(8-14)9-15(18)7-12/h3-4,12-15,18H,5-9H2,1-2H3. The number of hydrogen-bond donors (Lipinski definition) is 0. The molecule has 0 unspecified atom stereocenters. The van der Waals surface area contributed by atoms with Gasteiger partial charge in [-0.1, -0.05) is 0 Å². The molecule has 5 rings (SSSR count). The van der Waals surface area contributed by atoms with Crippen molar-refractivity contribution in [1.82, 2.24) is 0 Å². The van der Waals surface area contributed by atoms with Crippen molar-refractivity contribution in [1.29, 1.82) is 0 Å². The summed E-state index contributed by atoms with van der Waals surface area (Å²) in [5, 5.41) is 0. The van der Waals surface area contributed by atoms with Gasteiger partial charge in [-0.25, -0.2) is 4.39 Å². The molecular formula is C19H23FO. The molecule has 0 aromatic heterocycles. The monoisotopic (exact) mass is 286 g/mol. The minimum Gasteiger partial charge on any atom is -0.294 e. The zero-order valence-electron chi connectivity index (χ0n) is 12.9. The number of Topliss-reactive ketones (excluding diaryl/α,β-unsaturated/α-hetero) is 1. The van der Waals surface area contributed by atoms with Gasteiger partial charge in [0.1, 0.15) is 5.82 Å². The molecule has 0 amide bonds. The fourth-order valence-corrected chi connectivity index (χ4v) is 5.82. The zero-order chi connectivity index (χ0) is 14.7. The van der Waals surface area contributed by atoms with Gasteiger partial charge < -0.3 is 0 Å². The van der Waals surface area contributed by atoms with Crippen molar-refractivity contribution in [2.75, 3.05) is 0 Å². The van der Waals surface area contributed by atoms with E-state index in [-0.39, 0.29) is 11.7 Å². The van der Waals surface area contributed by atoms with Crippen LogP contribution in [0, 0.1) is 49.3 Å². The molecule has 0 radical (unpaired) electrons. The molecule has 0 saturated heterocycles. The fraction of sp³-hybridized carbons (Fsp3) is 0.632. The Morgan fingerprint density at radius 2 is 1.43 bits per heavy atom. The first-order valence-electron chi connectivity index (χ1n) is 8.34. The molecule has 4 bridgehead atoms. The molecule has 0 aliphatic heterocycles. The van der Waals surface area contributed by atoms with Crippen molar-refractivity contribution >= 4 is 5.78 Å². The van der Waals surface area contributed by atoms with E-state index in [2.05, 4.69) is 0 Å². The molecule has 112 valence electrons. The second-order valence-electron chi connectivity index (χ2n) is 7.74. The molecule has 0 atom stereocenters. The van der Waals surface area contributed by atoms with Gasteiger partial charge in [0.25, 0.3) is 0 Å². The van der Waals surface area contributed by atoms with E-state index in [0.29, 0.717) is 17.6 Å². The summed E-state index contributed by atoms with van der Waals surface area (Å²) in [7, 11) is 0. The lowest BCUT2D eigenvalue weighted by Crippen LogP contribution is -2.48. The summed E-state index contributed by atoms with van der Waals surface area (Å²) in [6, 6.07) is 3.02. The van der Waals surface area contributed by atoms with E-state index < -0.39 is 0 Å². The fourth-order valence-electron chi connectivity index (χ4n) is 5.82. The first-order chi connectivity index (χ1) is 10.0. The maximum atomic E-state index is 13.5. The summed E-state index contributed by atoms with van der Waals surface area (Å²) in [6.07, 6.45) is 6.42. The third-order valence-corrected chi connectivity index (χ3v) is 6.27. The van der Waals surface area contributed by atoms with Crippen molar-refractivity contribution in [3.05, 3.63) is 34.6 Å². The minimum atomic E-state index is -0.230. The Kier molecular flexibility index (Phi) is 2.99. The Morgan fingerprint density at radius 1 is 0.952 bits per heavy atom. The molecular weight excluding hydrogens is 263 g/mol. The van der Waals surface area contributed by atoms with Gasteiger partial charge in [0.05, 0.1) is 0 Å².